The number of benzene rings is 2. The number of rotatable bonds is 5. The zero-order chi connectivity index (χ0) is 17.4. The van der Waals surface area contributed by atoms with Crippen LogP contribution in [0.4, 0.5) is 5.69 Å². The zero-order valence-corrected chi connectivity index (χ0v) is 14.4. The van der Waals surface area contributed by atoms with E-state index >= 15 is 0 Å². The molecule has 0 radical (unpaired) electrons. The number of aromatic nitrogens is 2. The first-order chi connectivity index (χ1) is 12.1. The Labute approximate surface area is 147 Å². The van der Waals surface area contributed by atoms with Crippen LogP contribution in [0.3, 0.4) is 0 Å². The molecule has 7 heteroatoms. The third-order valence-corrected chi connectivity index (χ3v) is 5.16. The summed E-state index contributed by atoms with van der Waals surface area (Å²) >= 11 is 1.76. The number of hydrogen-bond donors (Lipinski definition) is 1. The maximum atomic E-state index is 10.9. The van der Waals surface area contributed by atoms with Crippen molar-refractivity contribution in [2.45, 2.75) is 13.1 Å². The zero-order valence-electron chi connectivity index (χ0n) is 13.6. The van der Waals surface area contributed by atoms with E-state index in [-0.39, 0.29) is 5.69 Å². The van der Waals surface area contributed by atoms with Crippen LogP contribution in [-0.2, 0) is 13.1 Å². The molecule has 2 heterocycles. The van der Waals surface area contributed by atoms with Gasteiger partial charge < -0.3 is 4.98 Å². The number of thiophene rings is 1. The minimum Gasteiger partial charge on any atom is -0.341 e. The van der Waals surface area contributed by atoms with Crippen molar-refractivity contribution in [2.24, 2.45) is 0 Å². The monoisotopic (exact) mass is 352 g/mol. The van der Waals surface area contributed by atoms with E-state index in [1.54, 1.807) is 17.4 Å². The van der Waals surface area contributed by atoms with E-state index < -0.39 is 4.92 Å². The maximum absolute atomic E-state index is 10.9. The Hall–Kier alpha value is -2.77. The third kappa shape index (κ3) is 3.11. The van der Waals surface area contributed by atoms with E-state index in [9.17, 15) is 10.1 Å². The summed E-state index contributed by atoms with van der Waals surface area (Å²) in [5.41, 5.74) is 2.81. The average Bonchev–Trinajstić information content (AvgIpc) is 3.17. The molecule has 0 atom stereocenters. The van der Waals surface area contributed by atoms with Crippen LogP contribution in [0.5, 0.6) is 0 Å². The van der Waals surface area contributed by atoms with E-state index in [4.69, 9.17) is 0 Å². The second-order valence-corrected chi connectivity index (χ2v) is 6.98. The Morgan fingerprint density at radius 2 is 2.08 bits per heavy atom. The predicted octanol–water partition coefficient (Wildman–Crippen LogP) is 4.32. The van der Waals surface area contributed by atoms with E-state index in [0.717, 1.165) is 17.9 Å². The molecule has 4 aromatic rings. The highest BCUT2D eigenvalue weighted by atomic mass is 32.1. The second kappa shape index (κ2) is 6.27. The summed E-state index contributed by atoms with van der Waals surface area (Å²) in [5, 5.41) is 14.4. The van der Waals surface area contributed by atoms with Gasteiger partial charge in [0.05, 0.1) is 22.5 Å². The molecule has 126 valence electrons. The van der Waals surface area contributed by atoms with Crippen LogP contribution in [0.25, 0.3) is 21.1 Å². The van der Waals surface area contributed by atoms with Gasteiger partial charge in [0.2, 0.25) is 0 Å². The van der Waals surface area contributed by atoms with Gasteiger partial charge in [-0.15, -0.1) is 11.3 Å². The lowest BCUT2D eigenvalue weighted by Crippen LogP contribution is -2.17. The molecule has 0 unspecified atom stereocenters. The minimum atomic E-state index is -0.395. The van der Waals surface area contributed by atoms with Gasteiger partial charge >= 0.3 is 0 Å². The number of nitro benzene ring substituents is 1. The molecule has 0 saturated heterocycles. The van der Waals surface area contributed by atoms with E-state index in [2.05, 4.69) is 44.5 Å². The fraction of sp³-hybridized carbons (Fsp3) is 0.167. The summed E-state index contributed by atoms with van der Waals surface area (Å²) in [4.78, 5) is 20.4. The summed E-state index contributed by atoms with van der Waals surface area (Å²) in [6, 6.07) is 13.1. The lowest BCUT2D eigenvalue weighted by atomic mass is 10.2. The molecular formula is C18H16N4O2S. The van der Waals surface area contributed by atoms with Crippen LogP contribution >= 0.6 is 11.3 Å². The van der Waals surface area contributed by atoms with Gasteiger partial charge in [0.25, 0.3) is 5.69 Å². The van der Waals surface area contributed by atoms with Crippen molar-refractivity contribution in [3.05, 3.63) is 69.3 Å². The number of nitrogens with one attached hydrogen (secondary N) is 1. The van der Waals surface area contributed by atoms with Gasteiger partial charge in [0, 0.05) is 23.4 Å². The van der Waals surface area contributed by atoms with E-state index in [0.29, 0.717) is 12.1 Å². The van der Waals surface area contributed by atoms with Crippen molar-refractivity contribution in [1.82, 2.24) is 14.9 Å². The molecule has 0 aliphatic heterocycles. The molecule has 0 aliphatic rings. The Balaban J connectivity index is 1.53. The molecular weight excluding hydrogens is 336 g/mol. The highest BCUT2D eigenvalue weighted by molar-refractivity contribution is 7.17. The Kier molecular flexibility index (Phi) is 3.95. The number of nitro groups is 1. The number of H-pyrrole nitrogens is 1. The number of hydrogen-bond acceptors (Lipinski definition) is 5. The Morgan fingerprint density at radius 1 is 1.24 bits per heavy atom. The second-order valence-electron chi connectivity index (χ2n) is 6.07. The van der Waals surface area contributed by atoms with Crippen LogP contribution in [0.15, 0.2) is 47.8 Å². The van der Waals surface area contributed by atoms with E-state index in [1.165, 1.54) is 27.8 Å². The van der Waals surface area contributed by atoms with Crippen LogP contribution in [0.2, 0.25) is 0 Å². The summed E-state index contributed by atoms with van der Waals surface area (Å²) < 4.78 is 1.29. The average molecular weight is 352 g/mol. The van der Waals surface area contributed by atoms with Crippen LogP contribution in [0.1, 0.15) is 11.4 Å². The maximum Gasteiger partial charge on any atom is 0.271 e. The number of imidazole rings is 1. The van der Waals surface area contributed by atoms with Gasteiger partial charge in [-0.2, -0.15) is 0 Å². The topological polar surface area (TPSA) is 75.1 Å². The number of nitrogens with zero attached hydrogens (tertiary/aromatic N) is 3. The molecule has 0 amide bonds. The first-order valence-electron chi connectivity index (χ1n) is 7.87. The molecule has 0 bridgehead atoms. The predicted molar refractivity (Wildman–Crippen MR) is 99.7 cm³/mol. The molecule has 2 aromatic heterocycles. The van der Waals surface area contributed by atoms with Crippen molar-refractivity contribution < 1.29 is 4.92 Å². The summed E-state index contributed by atoms with van der Waals surface area (Å²) in [7, 11) is 2.04. The van der Waals surface area contributed by atoms with Gasteiger partial charge in [0.15, 0.2) is 0 Å². The number of fused-ring (bicyclic) bond motifs is 2. The fourth-order valence-electron chi connectivity index (χ4n) is 3.00. The summed E-state index contributed by atoms with van der Waals surface area (Å²) in [6.45, 7) is 1.47. The normalized spacial score (nSPS) is 11.6. The molecule has 0 fully saturated rings. The van der Waals surface area contributed by atoms with Crippen molar-refractivity contribution in [1.29, 1.82) is 0 Å². The highest BCUT2D eigenvalue weighted by Crippen LogP contribution is 2.27. The molecule has 0 aliphatic carbocycles. The summed E-state index contributed by atoms with van der Waals surface area (Å²) in [5.74, 6) is 0.803. The lowest BCUT2D eigenvalue weighted by molar-refractivity contribution is -0.384. The quantitative estimate of drug-likeness (QED) is 0.429. The van der Waals surface area contributed by atoms with Crippen molar-refractivity contribution in [3.8, 4) is 0 Å². The largest absolute Gasteiger partial charge is 0.341 e. The van der Waals surface area contributed by atoms with Gasteiger partial charge in [-0.05, 0) is 35.5 Å². The molecule has 2 aromatic carbocycles. The van der Waals surface area contributed by atoms with E-state index in [1.807, 2.05) is 7.05 Å². The first kappa shape index (κ1) is 15.7. The molecule has 6 nitrogen and oxygen atoms in total. The van der Waals surface area contributed by atoms with Crippen molar-refractivity contribution in [3.63, 3.8) is 0 Å². The molecule has 0 spiro atoms. The smallest absolute Gasteiger partial charge is 0.271 e. The number of aromatic amines is 1. The molecule has 25 heavy (non-hydrogen) atoms. The van der Waals surface area contributed by atoms with Crippen LogP contribution in [0, 0.1) is 10.1 Å². The third-order valence-electron chi connectivity index (χ3n) is 4.15. The van der Waals surface area contributed by atoms with Gasteiger partial charge in [-0.1, -0.05) is 18.2 Å². The highest BCUT2D eigenvalue weighted by Gasteiger charge is 2.12. The van der Waals surface area contributed by atoms with Crippen molar-refractivity contribution in [2.75, 3.05) is 7.05 Å². The fourth-order valence-corrected chi connectivity index (χ4v) is 3.95. The lowest BCUT2D eigenvalue weighted by Gasteiger charge is -2.14. The number of non-ortho nitro benzene ring substituents is 1. The van der Waals surface area contributed by atoms with Crippen molar-refractivity contribution >= 4 is 38.1 Å². The van der Waals surface area contributed by atoms with Gasteiger partial charge in [0.1, 0.15) is 5.82 Å². The minimum absolute atomic E-state index is 0.0702. The molecule has 0 saturated carbocycles. The van der Waals surface area contributed by atoms with Crippen LogP contribution < -0.4 is 0 Å². The summed E-state index contributed by atoms with van der Waals surface area (Å²) in [6.07, 6.45) is 0. The Bertz CT molecular complexity index is 1070. The molecule has 4 rings (SSSR count). The Morgan fingerprint density at radius 3 is 2.92 bits per heavy atom. The van der Waals surface area contributed by atoms with Crippen LogP contribution in [-0.4, -0.2) is 26.8 Å². The first-order valence-corrected chi connectivity index (χ1v) is 8.75. The van der Waals surface area contributed by atoms with Gasteiger partial charge in [-0.25, -0.2) is 4.98 Å². The SMILES string of the molecule is CN(Cc1nc2ccc([N+](=O)[O-])cc2[nH]1)Cc1csc2ccccc12. The molecule has 1 N–H and O–H groups in total. The van der Waals surface area contributed by atoms with Gasteiger partial charge in [-0.3, -0.25) is 15.0 Å². The standard InChI is InChI=1S/C18H16N4O2S/c1-21(9-12-11-25-17-5-3-2-4-14(12)17)10-18-19-15-7-6-13(22(23)24)8-16(15)20-18/h2-8,11H,9-10H2,1H3,(H,19,20).